The van der Waals surface area contributed by atoms with Crippen LogP contribution in [0.4, 0.5) is 0 Å². The number of nitrogens with zero attached hydrogens (tertiary/aromatic N) is 2. The maximum atomic E-state index is 9.93. The molecule has 0 radical (unpaired) electrons. The van der Waals surface area contributed by atoms with Crippen LogP contribution < -0.4 is 0 Å². The second-order valence-electron chi connectivity index (χ2n) is 4.29. The van der Waals surface area contributed by atoms with Gasteiger partial charge in [0.05, 0.1) is 11.9 Å². The van der Waals surface area contributed by atoms with E-state index in [1.807, 2.05) is 13.2 Å². The van der Waals surface area contributed by atoms with Crippen LogP contribution in [0.25, 0.3) is 0 Å². The number of hydrogen-bond acceptors (Lipinski definition) is 2. The Labute approximate surface area is 79.4 Å². The quantitative estimate of drug-likeness (QED) is 0.757. The third-order valence-electron chi connectivity index (χ3n) is 2.17. The highest BCUT2D eigenvalue weighted by Crippen LogP contribution is 2.27. The van der Waals surface area contributed by atoms with Crippen LogP contribution in [0.5, 0.6) is 0 Å². The van der Waals surface area contributed by atoms with Crippen molar-refractivity contribution in [2.24, 2.45) is 7.05 Å². The van der Waals surface area contributed by atoms with Crippen molar-refractivity contribution in [3.8, 4) is 0 Å². The van der Waals surface area contributed by atoms with E-state index in [-0.39, 0.29) is 0 Å². The first-order valence-corrected chi connectivity index (χ1v) is 4.58. The predicted molar refractivity (Wildman–Crippen MR) is 52.5 cm³/mol. The van der Waals surface area contributed by atoms with E-state index in [1.54, 1.807) is 18.5 Å². The molecule has 0 spiro atoms. The van der Waals surface area contributed by atoms with Gasteiger partial charge in [-0.25, -0.2) is 0 Å². The third-order valence-corrected chi connectivity index (χ3v) is 2.17. The van der Waals surface area contributed by atoms with E-state index in [0.717, 1.165) is 11.3 Å². The van der Waals surface area contributed by atoms with Gasteiger partial charge in [0.15, 0.2) is 0 Å². The molecule has 0 fully saturated rings. The first-order valence-electron chi connectivity index (χ1n) is 4.58. The minimum absolute atomic E-state index is 0.398. The van der Waals surface area contributed by atoms with Gasteiger partial charge in [-0.15, -0.1) is 0 Å². The van der Waals surface area contributed by atoms with Crippen molar-refractivity contribution in [2.75, 3.05) is 0 Å². The molecular weight excluding hydrogens is 164 g/mol. The van der Waals surface area contributed by atoms with Gasteiger partial charge in [0.2, 0.25) is 0 Å². The fraction of sp³-hybridized carbons (Fsp3) is 0.700. The summed E-state index contributed by atoms with van der Waals surface area (Å²) in [6.07, 6.45) is 1.83. The standard InChI is InChI=1S/C10H18N2O/c1-7(2)8-6-11-12(5)9(8)10(3,4)13/h6-7,13H,1-5H3. The van der Waals surface area contributed by atoms with Crippen molar-refractivity contribution in [1.29, 1.82) is 0 Å². The van der Waals surface area contributed by atoms with Gasteiger partial charge in [-0.1, -0.05) is 13.8 Å². The van der Waals surface area contributed by atoms with Crippen LogP contribution >= 0.6 is 0 Å². The van der Waals surface area contributed by atoms with Crippen LogP contribution in [-0.2, 0) is 12.6 Å². The SMILES string of the molecule is CC(C)c1cnn(C)c1C(C)(C)O. The van der Waals surface area contributed by atoms with E-state index >= 15 is 0 Å². The molecule has 1 aromatic heterocycles. The molecule has 3 heteroatoms. The van der Waals surface area contributed by atoms with E-state index in [9.17, 15) is 5.11 Å². The Morgan fingerprint density at radius 2 is 2.00 bits per heavy atom. The van der Waals surface area contributed by atoms with E-state index in [0.29, 0.717) is 5.92 Å². The van der Waals surface area contributed by atoms with Crippen LogP contribution in [0.15, 0.2) is 6.20 Å². The molecule has 0 unspecified atom stereocenters. The monoisotopic (exact) mass is 182 g/mol. The summed E-state index contributed by atoms with van der Waals surface area (Å²) in [4.78, 5) is 0. The highest BCUT2D eigenvalue weighted by molar-refractivity contribution is 5.25. The lowest BCUT2D eigenvalue weighted by Gasteiger charge is -2.21. The number of hydrogen-bond donors (Lipinski definition) is 1. The summed E-state index contributed by atoms with van der Waals surface area (Å²) in [6.45, 7) is 7.78. The van der Waals surface area contributed by atoms with Crippen molar-refractivity contribution < 1.29 is 5.11 Å². The summed E-state index contributed by atoms with van der Waals surface area (Å²) in [5.74, 6) is 0.398. The van der Waals surface area contributed by atoms with Gasteiger partial charge in [-0.2, -0.15) is 5.10 Å². The molecule has 1 N–H and O–H groups in total. The van der Waals surface area contributed by atoms with Crippen molar-refractivity contribution in [1.82, 2.24) is 9.78 Å². The maximum absolute atomic E-state index is 9.93. The Morgan fingerprint density at radius 1 is 1.46 bits per heavy atom. The van der Waals surface area contributed by atoms with Crippen LogP contribution in [-0.4, -0.2) is 14.9 Å². The van der Waals surface area contributed by atoms with Crippen molar-refractivity contribution in [3.63, 3.8) is 0 Å². The van der Waals surface area contributed by atoms with E-state index in [1.165, 1.54) is 0 Å². The summed E-state index contributed by atoms with van der Waals surface area (Å²) in [5.41, 5.74) is 1.21. The normalized spacial score (nSPS) is 12.5. The maximum Gasteiger partial charge on any atom is 0.101 e. The molecule has 0 amide bonds. The number of aromatic nitrogens is 2. The lowest BCUT2D eigenvalue weighted by Crippen LogP contribution is -2.22. The van der Waals surface area contributed by atoms with Gasteiger partial charge < -0.3 is 5.11 Å². The average molecular weight is 182 g/mol. The molecule has 0 aliphatic heterocycles. The molecule has 1 aromatic rings. The van der Waals surface area contributed by atoms with Gasteiger partial charge in [0.25, 0.3) is 0 Å². The summed E-state index contributed by atoms with van der Waals surface area (Å²) >= 11 is 0. The van der Waals surface area contributed by atoms with Gasteiger partial charge in [-0.3, -0.25) is 4.68 Å². The minimum Gasteiger partial charge on any atom is -0.384 e. The molecule has 0 bridgehead atoms. The Bertz CT molecular complexity index is 294. The first kappa shape index (κ1) is 10.3. The summed E-state index contributed by atoms with van der Waals surface area (Å²) in [7, 11) is 1.86. The topological polar surface area (TPSA) is 38.0 Å². The van der Waals surface area contributed by atoms with Crippen LogP contribution in [0.3, 0.4) is 0 Å². The molecule has 1 rings (SSSR count). The zero-order chi connectivity index (χ0) is 10.2. The lowest BCUT2D eigenvalue weighted by atomic mass is 9.95. The van der Waals surface area contributed by atoms with Crippen LogP contribution in [0.2, 0.25) is 0 Å². The van der Waals surface area contributed by atoms with Crippen molar-refractivity contribution >= 4 is 0 Å². The third kappa shape index (κ3) is 1.91. The second kappa shape index (κ2) is 3.14. The Kier molecular flexibility index (Phi) is 2.48. The number of aryl methyl sites for hydroxylation is 1. The second-order valence-corrected chi connectivity index (χ2v) is 4.29. The van der Waals surface area contributed by atoms with Gasteiger partial charge in [0, 0.05) is 7.05 Å². The molecule has 74 valence electrons. The van der Waals surface area contributed by atoms with Crippen LogP contribution in [0.1, 0.15) is 44.9 Å². The molecule has 3 nitrogen and oxygen atoms in total. The first-order chi connectivity index (χ1) is 5.84. The summed E-state index contributed by atoms with van der Waals surface area (Å²) in [6, 6.07) is 0. The molecule has 1 heterocycles. The summed E-state index contributed by atoms with van der Waals surface area (Å²) < 4.78 is 1.75. The van der Waals surface area contributed by atoms with Gasteiger partial charge in [0.1, 0.15) is 5.60 Å². The molecule has 0 atom stereocenters. The minimum atomic E-state index is -0.815. The predicted octanol–water partition coefficient (Wildman–Crippen LogP) is 1.77. The zero-order valence-corrected chi connectivity index (χ0v) is 9.00. The summed E-state index contributed by atoms with van der Waals surface area (Å²) in [5, 5.41) is 14.1. The fourth-order valence-electron chi connectivity index (χ4n) is 1.63. The van der Waals surface area contributed by atoms with E-state index < -0.39 is 5.60 Å². The largest absolute Gasteiger partial charge is 0.384 e. The molecule has 0 saturated carbocycles. The number of aliphatic hydroxyl groups is 1. The Morgan fingerprint density at radius 3 is 2.31 bits per heavy atom. The van der Waals surface area contributed by atoms with Gasteiger partial charge >= 0.3 is 0 Å². The van der Waals surface area contributed by atoms with Crippen molar-refractivity contribution in [3.05, 3.63) is 17.5 Å². The Hall–Kier alpha value is -0.830. The molecule has 13 heavy (non-hydrogen) atoms. The highest BCUT2D eigenvalue weighted by atomic mass is 16.3. The number of rotatable bonds is 2. The Balaban J connectivity index is 3.25. The van der Waals surface area contributed by atoms with E-state index in [2.05, 4.69) is 18.9 Å². The molecule has 0 saturated heterocycles. The average Bonchev–Trinajstić information content (AvgIpc) is 2.28. The fourth-order valence-corrected chi connectivity index (χ4v) is 1.63. The smallest absolute Gasteiger partial charge is 0.101 e. The molecule has 0 aromatic carbocycles. The lowest BCUT2D eigenvalue weighted by molar-refractivity contribution is 0.0683. The van der Waals surface area contributed by atoms with Gasteiger partial charge in [-0.05, 0) is 25.3 Å². The molecular formula is C10H18N2O. The highest BCUT2D eigenvalue weighted by Gasteiger charge is 2.25. The van der Waals surface area contributed by atoms with E-state index in [4.69, 9.17) is 0 Å². The molecule has 0 aliphatic carbocycles. The van der Waals surface area contributed by atoms with Crippen LogP contribution in [0, 0.1) is 0 Å². The zero-order valence-electron chi connectivity index (χ0n) is 9.00. The van der Waals surface area contributed by atoms with Crippen molar-refractivity contribution in [2.45, 2.75) is 39.2 Å². The molecule has 0 aliphatic rings.